The van der Waals surface area contributed by atoms with Crippen molar-refractivity contribution in [3.05, 3.63) is 65.0 Å². The van der Waals surface area contributed by atoms with Crippen LogP contribution in [-0.4, -0.2) is 34.9 Å². The summed E-state index contributed by atoms with van der Waals surface area (Å²) in [5, 5.41) is 10.7. The molecule has 1 atom stereocenters. The topological polar surface area (TPSA) is 97.6 Å². The monoisotopic (exact) mass is 480 g/mol. The van der Waals surface area contributed by atoms with Crippen LogP contribution < -0.4 is 15.0 Å². The third-order valence-electron chi connectivity index (χ3n) is 4.85. The van der Waals surface area contributed by atoms with E-state index in [1.54, 1.807) is 24.3 Å². The molecule has 1 saturated heterocycles. The molecule has 1 N–H and O–H groups in total. The first kappa shape index (κ1) is 22.6. The zero-order valence-corrected chi connectivity index (χ0v) is 17.6. The Morgan fingerprint density at radius 1 is 1.18 bits per heavy atom. The van der Waals surface area contributed by atoms with Crippen LogP contribution in [0.2, 0.25) is 5.02 Å². The summed E-state index contributed by atoms with van der Waals surface area (Å²) in [4.78, 5) is 26.1. The van der Waals surface area contributed by atoms with E-state index in [-0.39, 0.29) is 42.9 Å². The van der Waals surface area contributed by atoms with Gasteiger partial charge < -0.3 is 14.1 Å². The van der Waals surface area contributed by atoms with Gasteiger partial charge in [0.05, 0.1) is 12.3 Å². The van der Waals surface area contributed by atoms with Gasteiger partial charge in [-0.05, 0) is 35.9 Å². The minimum absolute atomic E-state index is 0.0150. The van der Waals surface area contributed by atoms with E-state index >= 15 is 0 Å². The summed E-state index contributed by atoms with van der Waals surface area (Å²) in [6, 6.07) is 11.8. The number of hydrogen-bond acceptors (Lipinski definition) is 6. The molecule has 2 heterocycles. The Labute approximate surface area is 190 Å². The lowest BCUT2D eigenvalue weighted by Gasteiger charge is -2.17. The standard InChI is InChI=1S/C21H16ClF3N4O4/c22-16-4-2-1-3-12(16)9-17(30)26-20-28-27-19(32-20)13-10-18(31)29(11-13)14-5-7-15(8-6-14)33-21(23,24)25/h1-8,13H,9-11H2,(H,26,28,30). The number of rotatable bonds is 6. The number of carbonyl (C=O) groups is 2. The van der Waals surface area contributed by atoms with Crippen molar-refractivity contribution < 1.29 is 31.9 Å². The Bertz CT molecular complexity index is 1170. The molecule has 0 saturated carbocycles. The Morgan fingerprint density at radius 2 is 1.91 bits per heavy atom. The van der Waals surface area contributed by atoms with Gasteiger partial charge in [0, 0.05) is 23.7 Å². The highest BCUT2D eigenvalue weighted by Crippen LogP contribution is 2.33. The predicted octanol–water partition coefficient (Wildman–Crippen LogP) is 4.32. The SMILES string of the molecule is O=C(Cc1ccccc1Cl)Nc1nnc(C2CC(=O)N(c3ccc(OC(F)(F)F)cc3)C2)o1. The minimum atomic E-state index is -4.80. The van der Waals surface area contributed by atoms with Crippen LogP contribution in [0.5, 0.6) is 5.75 Å². The summed E-state index contributed by atoms with van der Waals surface area (Å²) in [5.41, 5.74) is 1.05. The molecule has 4 rings (SSSR count). The van der Waals surface area contributed by atoms with Gasteiger partial charge in [-0.15, -0.1) is 18.3 Å². The highest BCUT2D eigenvalue weighted by molar-refractivity contribution is 6.31. The summed E-state index contributed by atoms with van der Waals surface area (Å²) in [6.45, 7) is 0.188. The van der Waals surface area contributed by atoms with Crippen LogP contribution in [0.1, 0.15) is 23.8 Å². The quantitative estimate of drug-likeness (QED) is 0.564. The van der Waals surface area contributed by atoms with E-state index in [1.807, 2.05) is 0 Å². The van der Waals surface area contributed by atoms with Gasteiger partial charge in [0.1, 0.15) is 5.75 Å². The Kier molecular flexibility index (Phi) is 6.23. The molecule has 8 nitrogen and oxygen atoms in total. The summed E-state index contributed by atoms with van der Waals surface area (Å²) >= 11 is 6.05. The van der Waals surface area contributed by atoms with Crippen LogP contribution in [0.4, 0.5) is 24.9 Å². The third-order valence-corrected chi connectivity index (χ3v) is 5.22. The number of nitrogens with one attached hydrogen (secondary N) is 1. The molecule has 2 aromatic carbocycles. The molecule has 0 spiro atoms. The summed E-state index contributed by atoms with van der Waals surface area (Å²) in [6.07, 6.45) is -4.72. The van der Waals surface area contributed by atoms with Gasteiger partial charge in [-0.2, -0.15) is 0 Å². The lowest BCUT2D eigenvalue weighted by molar-refractivity contribution is -0.274. The number of carbonyl (C=O) groups excluding carboxylic acids is 2. The van der Waals surface area contributed by atoms with Crippen molar-refractivity contribution in [1.29, 1.82) is 0 Å². The van der Waals surface area contributed by atoms with Crippen molar-refractivity contribution >= 4 is 35.1 Å². The van der Waals surface area contributed by atoms with Gasteiger partial charge in [0.2, 0.25) is 17.7 Å². The van der Waals surface area contributed by atoms with Gasteiger partial charge in [-0.25, -0.2) is 0 Å². The van der Waals surface area contributed by atoms with E-state index < -0.39 is 18.2 Å². The number of benzene rings is 2. The second-order valence-electron chi connectivity index (χ2n) is 7.21. The fourth-order valence-electron chi connectivity index (χ4n) is 3.38. The fourth-order valence-corrected chi connectivity index (χ4v) is 3.58. The van der Waals surface area contributed by atoms with Crippen molar-refractivity contribution in [2.24, 2.45) is 0 Å². The molecule has 33 heavy (non-hydrogen) atoms. The fraction of sp³-hybridized carbons (Fsp3) is 0.238. The Hall–Kier alpha value is -3.60. The molecule has 1 aliphatic heterocycles. The number of hydrogen-bond donors (Lipinski definition) is 1. The number of anilines is 2. The molecular formula is C21H16ClF3N4O4. The van der Waals surface area contributed by atoms with Crippen molar-refractivity contribution in [3.8, 4) is 5.75 Å². The maximum atomic E-state index is 12.4. The van der Waals surface area contributed by atoms with E-state index in [0.717, 1.165) is 12.1 Å². The lowest BCUT2D eigenvalue weighted by Crippen LogP contribution is -2.24. The van der Waals surface area contributed by atoms with E-state index in [0.29, 0.717) is 16.3 Å². The van der Waals surface area contributed by atoms with Crippen molar-refractivity contribution in [1.82, 2.24) is 10.2 Å². The van der Waals surface area contributed by atoms with Gasteiger partial charge >= 0.3 is 12.4 Å². The Balaban J connectivity index is 1.37. The van der Waals surface area contributed by atoms with Gasteiger partial charge in [0.25, 0.3) is 0 Å². The molecule has 1 unspecified atom stereocenters. The number of ether oxygens (including phenoxy) is 1. The van der Waals surface area contributed by atoms with E-state index in [2.05, 4.69) is 20.3 Å². The molecule has 172 valence electrons. The molecule has 2 amide bonds. The number of nitrogens with zero attached hydrogens (tertiary/aromatic N) is 3. The number of aromatic nitrogens is 2. The molecule has 1 aliphatic rings. The Morgan fingerprint density at radius 3 is 2.61 bits per heavy atom. The van der Waals surface area contributed by atoms with Crippen LogP contribution in [0.25, 0.3) is 0 Å². The number of amides is 2. The minimum Gasteiger partial charge on any atom is -0.407 e. The van der Waals surface area contributed by atoms with Crippen molar-refractivity contribution in [2.45, 2.75) is 25.1 Å². The summed E-state index contributed by atoms with van der Waals surface area (Å²) < 4.78 is 46.3. The van der Waals surface area contributed by atoms with Gasteiger partial charge in [-0.1, -0.05) is 34.9 Å². The molecule has 1 fully saturated rings. The summed E-state index contributed by atoms with van der Waals surface area (Å²) in [5.74, 6) is -1.32. The van der Waals surface area contributed by atoms with E-state index in [4.69, 9.17) is 16.0 Å². The van der Waals surface area contributed by atoms with Gasteiger partial charge in [0.15, 0.2) is 0 Å². The first-order chi connectivity index (χ1) is 15.7. The van der Waals surface area contributed by atoms with Crippen LogP contribution in [0.3, 0.4) is 0 Å². The molecule has 1 aromatic heterocycles. The third kappa shape index (κ3) is 5.61. The first-order valence-corrected chi connectivity index (χ1v) is 10.1. The number of halogens is 4. The molecule has 12 heteroatoms. The van der Waals surface area contributed by atoms with E-state index in [1.165, 1.54) is 17.0 Å². The molecular weight excluding hydrogens is 465 g/mol. The average Bonchev–Trinajstić information content (AvgIpc) is 3.36. The van der Waals surface area contributed by atoms with Gasteiger partial charge in [-0.3, -0.25) is 14.9 Å². The molecule has 0 aliphatic carbocycles. The maximum absolute atomic E-state index is 12.4. The number of alkyl halides is 3. The average molecular weight is 481 g/mol. The first-order valence-electron chi connectivity index (χ1n) is 9.71. The second-order valence-corrected chi connectivity index (χ2v) is 7.62. The zero-order valence-electron chi connectivity index (χ0n) is 16.8. The summed E-state index contributed by atoms with van der Waals surface area (Å²) in [7, 11) is 0. The largest absolute Gasteiger partial charge is 0.573 e. The zero-order chi connectivity index (χ0) is 23.6. The van der Waals surface area contributed by atoms with Crippen molar-refractivity contribution in [2.75, 3.05) is 16.8 Å². The smallest absolute Gasteiger partial charge is 0.407 e. The predicted molar refractivity (Wildman–Crippen MR) is 111 cm³/mol. The molecule has 3 aromatic rings. The van der Waals surface area contributed by atoms with Crippen LogP contribution in [-0.2, 0) is 16.0 Å². The second kappa shape index (κ2) is 9.10. The molecule has 0 bridgehead atoms. The normalized spacial score (nSPS) is 16.2. The lowest BCUT2D eigenvalue weighted by atomic mass is 10.1. The maximum Gasteiger partial charge on any atom is 0.573 e. The van der Waals surface area contributed by atoms with Crippen molar-refractivity contribution in [3.63, 3.8) is 0 Å². The molecule has 0 radical (unpaired) electrons. The van der Waals surface area contributed by atoms with Crippen LogP contribution >= 0.6 is 11.6 Å². The van der Waals surface area contributed by atoms with E-state index in [9.17, 15) is 22.8 Å². The highest BCUT2D eigenvalue weighted by atomic mass is 35.5. The van der Waals surface area contributed by atoms with Crippen LogP contribution in [0, 0.1) is 0 Å². The van der Waals surface area contributed by atoms with Crippen LogP contribution in [0.15, 0.2) is 52.9 Å². The highest BCUT2D eigenvalue weighted by Gasteiger charge is 2.35.